The highest BCUT2D eigenvalue weighted by molar-refractivity contribution is 6.31. The number of rotatable bonds is 3. The Hall–Kier alpha value is -2.52. The van der Waals surface area contributed by atoms with Gasteiger partial charge in [0.2, 0.25) is 5.91 Å². The molecule has 0 saturated carbocycles. The number of carbonyl (C=O) groups excluding carboxylic acids is 2. The van der Waals surface area contributed by atoms with Crippen molar-refractivity contribution in [1.82, 2.24) is 9.80 Å². The highest BCUT2D eigenvalue weighted by atomic mass is 35.5. The molecule has 0 bridgehead atoms. The maximum atomic E-state index is 12.3. The van der Waals surface area contributed by atoms with Crippen LogP contribution in [0.3, 0.4) is 0 Å². The third-order valence-electron chi connectivity index (χ3n) is 3.95. The van der Waals surface area contributed by atoms with Gasteiger partial charge in [0, 0.05) is 50.0 Å². The van der Waals surface area contributed by atoms with Crippen molar-refractivity contribution in [3.63, 3.8) is 0 Å². The number of carbonyl (C=O) groups is 2. The maximum Gasteiger partial charge on any atom is 0.267 e. The SMILES string of the molecule is CC(=O)N1CCN(/C=C(/C#N)C(=O)Nc2cccc(Cl)c2C)CC1. The normalized spacial score (nSPS) is 15.0. The molecule has 1 aliphatic rings. The van der Waals surface area contributed by atoms with E-state index in [0.717, 1.165) is 5.56 Å². The van der Waals surface area contributed by atoms with E-state index >= 15 is 0 Å². The number of amides is 2. The molecule has 1 saturated heterocycles. The number of piperazine rings is 1. The van der Waals surface area contributed by atoms with Crippen molar-refractivity contribution >= 4 is 29.1 Å². The van der Waals surface area contributed by atoms with Crippen LogP contribution in [0.4, 0.5) is 5.69 Å². The fourth-order valence-electron chi connectivity index (χ4n) is 2.42. The molecule has 0 spiro atoms. The number of nitriles is 1. The van der Waals surface area contributed by atoms with Crippen molar-refractivity contribution in [2.75, 3.05) is 31.5 Å². The van der Waals surface area contributed by atoms with Gasteiger partial charge in [0.05, 0.1) is 0 Å². The van der Waals surface area contributed by atoms with Crippen LogP contribution in [0.5, 0.6) is 0 Å². The number of benzene rings is 1. The average Bonchev–Trinajstić information content (AvgIpc) is 2.57. The second-order valence-electron chi connectivity index (χ2n) is 5.56. The number of hydrogen-bond donors (Lipinski definition) is 1. The van der Waals surface area contributed by atoms with Gasteiger partial charge in [0.1, 0.15) is 11.6 Å². The Bertz CT molecular complexity index is 716. The topological polar surface area (TPSA) is 76.4 Å². The number of hydrogen-bond acceptors (Lipinski definition) is 4. The lowest BCUT2D eigenvalue weighted by molar-refractivity contribution is -0.130. The van der Waals surface area contributed by atoms with E-state index in [2.05, 4.69) is 5.32 Å². The number of anilines is 1. The van der Waals surface area contributed by atoms with Crippen LogP contribution in [0.2, 0.25) is 5.02 Å². The summed E-state index contributed by atoms with van der Waals surface area (Å²) in [5.74, 6) is -0.440. The first-order valence-corrected chi connectivity index (χ1v) is 7.98. The summed E-state index contributed by atoms with van der Waals surface area (Å²) in [5.41, 5.74) is 1.35. The highest BCUT2D eigenvalue weighted by Gasteiger charge is 2.19. The molecular weight excluding hydrogens is 328 g/mol. The summed E-state index contributed by atoms with van der Waals surface area (Å²) >= 11 is 6.03. The predicted octanol–water partition coefficient (Wildman–Crippen LogP) is 2.16. The van der Waals surface area contributed by atoms with Crippen LogP contribution in [0.25, 0.3) is 0 Å². The highest BCUT2D eigenvalue weighted by Crippen LogP contribution is 2.23. The maximum absolute atomic E-state index is 12.3. The molecule has 7 heteroatoms. The van der Waals surface area contributed by atoms with Crippen LogP contribution < -0.4 is 5.32 Å². The van der Waals surface area contributed by atoms with E-state index in [9.17, 15) is 14.9 Å². The van der Waals surface area contributed by atoms with Crippen molar-refractivity contribution in [3.8, 4) is 6.07 Å². The van der Waals surface area contributed by atoms with Crippen LogP contribution in [0, 0.1) is 18.3 Å². The Morgan fingerprint density at radius 1 is 1.29 bits per heavy atom. The van der Waals surface area contributed by atoms with Gasteiger partial charge in [0.15, 0.2) is 0 Å². The second-order valence-corrected chi connectivity index (χ2v) is 5.97. The molecular formula is C17H19ClN4O2. The molecule has 2 amide bonds. The Morgan fingerprint density at radius 2 is 1.96 bits per heavy atom. The molecule has 0 aromatic heterocycles. The zero-order valence-electron chi connectivity index (χ0n) is 13.7. The molecule has 0 radical (unpaired) electrons. The molecule has 24 heavy (non-hydrogen) atoms. The lowest BCUT2D eigenvalue weighted by Crippen LogP contribution is -2.46. The van der Waals surface area contributed by atoms with Gasteiger partial charge in [-0.15, -0.1) is 0 Å². The van der Waals surface area contributed by atoms with Crippen LogP contribution in [0.15, 0.2) is 30.0 Å². The third-order valence-corrected chi connectivity index (χ3v) is 4.36. The summed E-state index contributed by atoms with van der Waals surface area (Å²) in [6, 6.07) is 7.14. The van der Waals surface area contributed by atoms with Gasteiger partial charge in [-0.2, -0.15) is 5.26 Å². The molecule has 1 heterocycles. The fourth-order valence-corrected chi connectivity index (χ4v) is 2.59. The van der Waals surface area contributed by atoms with E-state index in [0.29, 0.717) is 36.9 Å². The van der Waals surface area contributed by atoms with E-state index in [1.807, 2.05) is 11.0 Å². The molecule has 1 aliphatic heterocycles. The standard InChI is InChI=1S/C17H19ClN4O2/c1-12-15(18)4-3-5-16(12)20-17(24)14(10-19)11-21-6-8-22(9-7-21)13(2)23/h3-5,11H,6-9H2,1-2H3,(H,20,24)/b14-11-. The first-order valence-electron chi connectivity index (χ1n) is 7.60. The van der Waals surface area contributed by atoms with Crippen LogP contribution in [-0.2, 0) is 9.59 Å². The van der Waals surface area contributed by atoms with E-state index in [-0.39, 0.29) is 11.5 Å². The molecule has 6 nitrogen and oxygen atoms in total. The molecule has 0 aliphatic carbocycles. The molecule has 0 unspecified atom stereocenters. The van der Waals surface area contributed by atoms with Crippen molar-refractivity contribution in [2.24, 2.45) is 0 Å². The first-order chi connectivity index (χ1) is 11.4. The number of nitrogens with one attached hydrogen (secondary N) is 1. The van der Waals surface area contributed by atoms with Crippen molar-refractivity contribution < 1.29 is 9.59 Å². The zero-order valence-corrected chi connectivity index (χ0v) is 14.4. The minimum Gasteiger partial charge on any atom is -0.373 e. The van der Waals surface area contributed by atoms with E-state index in [1.54, 1.807) is 36.2 Å². The van der Waals surface area contributed by atoms with Gasteiger partial charge in [-0.1, -0.05) is 17.7 Å². The van der Waals surface area contributed by atoms with Crippen LogP contribution >= 0.6 is 11.6 Å². The van der Waals surface area contributed by atoms with Crippen LogP contribution in [0.1, 0.15) is 12.5 Å². The number of nitrogens with zero attached hydrogens (tertiary/aromatic N) is 3. The second kappa shape index (κ2) is 7.84. The van der Waals surface area contributed by atoms with Crippen molar-refractivity contribution in [1.29, 1.82) is 5.26 Å². The van der Waals surface area contributed by atoms with Gasteiger partial charge in [0.25, 0.3) is 5.91 Å². The Morgan fingerprint density at radius 3 is 2.54 bits per heavy atom. The van der Waals surface area contributed by atoms with Gasteiger partial charge in [-0.25, -0.2) is 0 Å². The quantitative estimate of drug-likeness (QED) is 0.672. The predicted molar refractivity (Wildman–Crippen MR) is 92.3 cm³/mol. The Balaban J connectivity index is 2.05. The minimum absolute atomic E-state index is 0.0191. The van der Waals surface area contributed by atoms with Gasteiger partial charge in [-0.3, -0.25) is 9.59 Å². The van der Waals surface area contributed by atoms with Gasteiger partial charge < -0.3 is 15.1 Å². The molecule has 0 atom stereocenters. The molecule has 1 aromatic carbocycles. The smallest absolute Gasteiger partial charge is 0.267 e. The molecule has 1 aromatic rings. The van der Waals surface area contributed by atoms with Gasteiger partial charge in [-0.05, 0) is 24.6 Å². The summed E-state index contributed by atoms with van der Waals surface area (Å²) in [6.45, 7) is 5.68. The van der Waals surface area contributed by atoms with Crippen LogP contribution in [-0.4, -0.2) is 47.8 Å². The summed E-state index contributed by atoms with van der Waals surface area (Å²) in [4.78, 5) is 27.3. The average molecular weight is 347 g/mol. The monoisotopic (exact) mass is 346 g/mol. The molecule has 1 N–H and O–H groups in total. The third kappa shape index (κ3) is 4.27. The Labute approximate surface area is 146 Å². The lowest BCUT2D eigenvalue weighted by atomic mass is 10.2. The van der Waals surface area contributed by atoms with Crippen molar-refractivity contribution in [3.05, 3.63) is 40.6 Å². The minimum atomic E-state index is -0.475. The lowest BCUT2D eigenvalue weighted by Gasteiger charge is -2.33. The van der Waals surface area contributed by atoms with E-state index in [4.69, 9.17) is 11.6 Å². The summed E-state index contributed by atoms with van der Waals surface area (Å²) < 4.78 is 0. The number of halogens is 1. The summed E-state index contributed by atoms with van der Waals surface area (Å²) in [7, 11) is 0. The van der Waals surface area contributed by atoms with Gasteiger partial charge >= 0.3 is 0 Å². The van der Waals surface area contributed by atoms with E-state index < -0.39 is 5.91 Å². The summed E-state index contributed by atoms with van der Waals surface area (Å²) in [5, 5.41) is 12.5. The fraction of sp³-hybridized carbons (Fsp3) is 0.353. The summed E-state index contributed by atoms with van der Waals surface area (Å²) in [6.07, 6.45) is 1.55. The molecule has 1 fully saturated rings. The molecule has 2 rings (SSSR count). The first kappa shape index (κ1) is 17.8. The molecule has 126 valence electrons. The Kier molecular flexibility index (Phi) is 5.83. The largest absolute Gasteiger partial charge is 0.373 e. The van der Waals surface area contributed by atoms with E-state index in [1.165, 1.54) is 6.92 Å². The van der Waals surface area contributed by atoms with Crippen molar-refractivity contribution in [2.45, 2.75) is 13.8 Å². The zero-order chi connectivity index (χ0) is 17.7.